The molecule has 0 atom stereocenters. The molecule has 0 bridgehead atoms. The SMILES string of the molecule is COc1ccc(C(=O)NNC(=O)COC(=O)CCc2nc3ccccc3c(=O)n2C)cc1OC. The van der Waals surface area contributed by atoms with Crippen molar-refractivity contribution in [3.8, 4) is 11.5 Å². The maximum absolute atomic E-state index is 12.4. The fourth-order valence-electron chi connectivity index (χ4n) is 3.13. The van der Waals surface area contributed by atoms with E-state index in [0.29, 0.717) is 28.2 Å². The zero-order valence-corrected chi connectivity index (χ0v) is 18.9. The Labute approximate surface area is 194 Å². The molecular weight excluding hydrogens is 444 g/mol. The molecule has 2 aromatic carbocycles. The number of benzene rings is 2. The molecule has 178 valence electrons. The lowest BCUT2D eigenvalue weighted by Crippen LogP contribution is -2.43. The molecule has 0 saturated heterocycles. The molecule has 1 aromatic heterocycles. The van der Waals surface area contributed by atoms with E-state index in [1.165, 1.54) is 30.9 Å². The molecule has 2 N–H and O–H groups in total. The molecule has 0 saturated carbocycles. The summed E-state index contributed by atoms with van der Waals surface area (Å²) >= 11 is 0. The van der Waals surface area contributed by atoms with Crippen molar-refractivity contribution in [3.63, 3.8) is 0 Å². The molecular formula is C23H24N4O7. The smallest absolute Gasteiger partial charge is 0.306 e. The van der Waals surface area contributed by atoms with Gasteiger partial charge in [-0.25, -0.2) is 4.98 Å². The van der Waals surface area contributed by atoms with Gasteiger partial charge in [0.25, 0.3) is 17.4 Å². The van der Waals surface area contributed by atoms with Crippen molar-refractivity contribution in [2.24, 2.45) is 7.05 Å². The molecule has 0 fully saturated rings. The van der Waals surface area contributed by atoms with E-state index in [-0.39, 0.29) is 24.0 Å². The lowest BCUT2D eigenvalue weighted by atomic mass is 10.2. The molecule has 34 heavy (non-hydrogen) atoms. The van der Waals surface area contributed by atoms with Crippen LogP contribution in [-0.4, -0.2) is 48.2 Å². The van der Waals surface area contributed by atoms with E-state index in [2.05, 4.69) is 15.8 Å². The second-order valence-corrected chi connectivity index (χ2v) is 7.14. The van der Waals surface area contributed by atoms with Crippen molar-refractivity contribution in [1.82, 2.24) is 20.4 Å². The largest absolute Gasteiger partial charge is 0.493 e. The number of aryl methyl sites for hydroxylation is 1. The van der Waals surface area contributed by atoms with Crippen LogP contribution in [0.3, 0.4) is 0 Å². The highest BCUT2D eigenvalue weighted by molar-refractivity contribution is 5.96. The minimum Gasteiger partial charge on any atom is -0.493 e. The molecule has 0 spiro atoms. The first-order chi connectivity index (χ1) is 16.3. The number of methoxy groups -OCH3 is 2. The summed E-state index contributed by atoms with van der Waals surface area (Å²) < 4.78 is 16.6. The number of carbonyl (C=O) groups excluding carboxylic acids is 3. The van der Waals surface area contributed by atoms with E-state index < -0.39 is 24.4 Å². The van der Waals surface area contributed by atoms with Crippen LogP contribution in [0.25, 0.3) is 10.9 Å². The summed E-state index contributed by atoms with van der Waals surface area (Å²) in [4.78, 5) is 53.0. The van der Waals surface area contributed by atoms with Crippen molar-refractivity contribution in [2.75, 3.05) is 20.8 Å². The summed E-state index contributed by atoms with van der Waals surface area (Å²) in [6.07, 6.45) is 0.0803. The van der Waals surface area contributed by atoms with Crippen LogP contribution in [0.15, 0.2) is 47.3 Å². The lowest BCUT2D eigenvalue weighted by molar-refractivity contribution is -0.148. The van der Waals surface area contributed by atoms with Gasteiger partial charge in [0.2, 0.25) is 0 Å². The number of hydrogen-bond donors (Lipinski definition) is 2. The number of hydrazine groups is 1. The Balaban J connectivity index is 1.47. The highest BCUT2D eigenvalue weighted by Gasteiger charge is 2.14. The number of nitrogens with one attached hydrogen (secondary N) is 2. The van der Waals surface area contributed by atoms with Crippen LogP contribution < -0.4 is 25.9 Å². The topological polar surface area (TPSA) is 138 Å². The quantitative estimate of drug-likeness (QED) is 0.367. The number of carbonyl (C=O) groups is 3. The van der Waals surface area contributed by atoms with Gasteiger partial charge in [-0.3, -0.25) is 34.6 Å². The van der Waals surface area contributed by atoms with Gasteiger partial charge in [0.15, 0.2) is 18.1 Å². The minimum absolute atomic E-state index is 0.0795. The number of fused-ring (bicyclic) bond motifs is 1. The Morgan fingerprint density at radius 2 is 1.74 bits per heavy atom. The van der Waals surface area contributed by atoms with Crippen LogP contribution >= 0.6 is 0 Å². The summed E-state index contributed by atoms with van der Waals surface area (Å²) in [5.41, 5.74) is 4.95. The van der Waals surface area contributed by atoms with Gasteiger partial charge in [-0.1, -0.05) is 12.1 Å². The van der Waals surface area contributed by atoms with Gasteiger partial charge >= 0.3 is 5.97 Å². The zero-order valence-electron chi connectivity index (χ0n) is 18.9. The van der Waals surface area contributed by atoms with E-state index >= 15 is 0 Å². The highest BCUT2D eigenvalue weighted by Crippen LogP contribution is 2.27. The third-order valence-corrected chi connectivity index (χ3v) is 4.95. The predicted molar refractivity (Wildman–Crippen MR) is 121 cm³/mol. The van der Waals surface area contributed by atoms with Crippen molar-refractivity contribution in [2.45, 2.75) is 12.8 Å². The molecule has 2 amide bonds. The molecule has 0 radical (unpaired) electrons. The number of amides is 2. The highest BCUT2D eigenvalue weighted by atomic mass is 16.5. The fourth-order valence-corrected chi connectivity index (χ4v) is 3.13. The van der Waals surface area contributed by atoms with Gasteiger partial charge in [-0.2, -0.15) is 0 Å². The molecule has 0 aliphatic heterocycles. The molecule has 3 aromatic rings. The maximum atomic E-state index is 12.4. The Kier molecular flexibility index (Phi) is 7.80. The first-order valence-corrected chi connectivity index (χ1v) is 10.3. The molecule has 1 heterocycles. The first-order valence-electron chi connectivity index (χ1n) is 10.3. The van der Waals surface area contributed by atoms with E-state index in [9.17, 15) is 19.2 Å². The van der Waals surface area contributed by atoms with Gasteiger partial charge in [0, 0.05) is 19.0 Å². The third kappa shape index (κ3) is 5.68. The van der Waals surface area contributed by atoms with Crippen molar-refractivity contribution in [3.05, 3.63) is 64.2 Å². The number of aromatic nitrogens is 2. The van der Waals surface area contributed by atoms with Crippen molar-refractivity contribution >= 4 is 28.7 Å². The monoisotopic (exact) mass is 468 g/mol. The van der Waals surface area contributed by atoms with Crippen molar-refractivity contribution in [1.29, 1.82) is 0 Å². The number of para-hydroxylation sites is 1. The first kappa shape index (κ1) is 24.2. The fraction of sp³-hybridized carbons (Fsp3) is 0.261. The Hall–Kier alpha value is -4.41. The predicted octanol–water partition coefficient (Wildman–Crippen LogP) is 0.888. The van der Waals surface area contributed by atoms with Crippen LogP contribution in [-0.2, 0) is 27.8 Å². The average molecular weight is 468 g/mol. The second kappa shape index (κ2) is 10.9. The number of nitrogens with zero attached hydrogens (tertiary/aromatic N) is 2. The van der Waals surface area contributed by atoms with Crippen molar-refractivity contribution < 1.29 is 28.6 Å². The number of rotatable bonds is 8. The summed E-state index contributed by atoms with van der Waals surface area (Å²) in [5, 5.41) is 0.489. The van der Waals surface area contributed by atoms with E-state index in [1.54, 1.807) is 37.4 Å². The molecule has 11 heteroatoms. The maximum Gasteiger partial charge on any atom is 0.306 e. The number of hydrogen-bond acceptors (Lipinski definition) is 8. The molecule has 0 unspecified atom stereocenters. The number of ether oxygens (including phenoxy) is 3. The van der Waals surface area contributed by atoms with Gasteiger partial charge in [-0.05, 0) is 30.3 Å². The van der Waals surface area contributed by atoms with Crippen LogP contribution in [0.2, 0.25) is 0 Å². The third-order valence-electron chi connectivity index (χ3n) is 4.95. The van der Waals surface area contributed by atoms with Gasteiger partial charge in [0.1, 0.15) is 5.82 Å². The van der Waals surface area contributed by atoms with Crippen LogP contribution in [0.4, 0.5) is 0 Å². The lowest BCUT2D eigenvalue weighted by Gasteiger charge is -2.11. The standard InChI is InChI=1S/C23H24N4O7/c1-27-19(24-16-7-5-4-6-15(16)23(27)31)10-11-21(29)34-13-20(28)25-26-22(30)14-8-9-17(32-2)18(12-14)33-3/h4-9,12H,10-11,13H2,1-3H3,(H,25,28)(H,26,30). The van der Waals surface area contributed by atoms with E-state index in [4.69, 9.17) is 14.2 Å². The summed E-state index contributed by atoms with van der Waals surface area (Å²) in [6.45, 7) is -0.588. The molecule has 0 aliphatic rings. The van der Waals surface area contributed by atoms with Crippen LogP contribution in [0.5, 0.6) is 11.5 Å². The van der Waals surface area contributed by atoms with Gasteiger partial charge in [0.05, 0.1) is 31.5 Å². The summed E-state index contributed by atoms with van der Waals surface area (Å²) in [5.74, 6) is -0.735. The Morgan fingerprint density at radius 3 is 2.47 bits per heavy atom. The summed E-state index contributed by atoms with van der Waals surface area (Å²) in [7, 11) is 4.49. The van der Waals surface area contributed by atoms with Gasteiger partial charge in [-0.15, -0.1) is 0 Å². The van der Waals surface area contributed by atoms with E-state index in [0.717, 1.165) is 0 Å². The van der Waals surface area contributed by atoms with E-state index in [1.807, 2.05) is 0 Å². The van der Waals surface area contributed by atoms with Gasteiger partial charge < -0.3 is 14.2 Å². The summed E-state index contributed by atoms with van der Waals surface area (Å²) in [6, 6.07) is 11.4. The molecule has 11 nitrogen and oxygen atoms in total. The molecule has 0 aliphatic carbocycles. The Bertz CT molecular complexity index is 1290. The minimum atomic E-state index is -0.724. The normalized spacial score (nSPS) is 10.4. The zero-order chi connectivity index (χ0) is 24.7. The Morgan fingerprint density at radius 1 is 1.00 bits per heavy atom. The average Bonchev–Trinajstić information content (AvgIpc) is 2.86. The second-order valence-electron chi connectivity index (χ2n) is 7.14. The number of esters is 1. The molecule has 3 rings (SSSR count). The van der Waals surface area contributed by atoms with Crippen LogP contribution in [0.1, 0.15) is 22.6 Å². The van der Waals surface area contributed by atoms with Crippen LogP contribution in [0, 0.1) is 0 Å².